The van der Waals surface area contributed by atoms with E-state index in [0.717, 1.165) is 29.6 Å². The molecule has 0 spiro atoms. The smallest absolute Gasteiger partial charge is 0.233 e. The van der Waals surface area contributed by atoms with Crippen LogP contribution in [0.3, 0.4) is 0 Å². The number of carbonyl (C=O) groups excluding carboxylic acids is 1. The first-order valence-corrected chi connectivity index (χ1v) is 11.1. The third kappa shape index (κ3) is 5.44. The van der Waals surface area contributed by atoms with Crippen LogP contribution in [-0.4, -0.2) is 39.1 Å². The van der Waals surface area contributed by atoms with Crippen molar-refractivity contribution in [2.75, 3.05) is 7.11 Å². The number of ether oxygens (including phenoxy) is 2. The summed E-state index contributed by atoms with van der Waals surface area (Å²) in [5.74, 6) is 2.25. The molecule has 158 valence electrons. The highest BCUT2D eigenvalue weighted by atomic mass is 32.2. The summed E-state index contributed by atoms with van der Waals surface area (Å²) >= 11 is 1.44. The van der Waals surface area contributed by atoms with Gasteiger partial charge in [0.1, 0.15) is 11.5 Å². The van der Waals surface area contributed by atoms with E-state index in [9.17, 15) is 4.79 Å². The molecule has 0 saturated heterocycles. The molecule has 2 atom stereocenters. The van der Waals surface area contributed by atoms with Crippen molar-refractivity contribution >= 4 is 17.7 Å². The predicted octanol–water partition coefficient (Wildman–Crippen LogP) is 3.99. The molecule has 0 aliphatic heterocycles. The van der Waals surface area contributed by atoms with E-state index < -0.39 is 0 Å². The number of carbonyl (C=O) groups is 1. The molecule has 3 rings (SSSR count). The van der Waals surface area contributed by atoms with E-state index in [1.807, 2.05) is 49.6 Å². The quantitative estimate of drug-likeness (QED) is 0.621. The number of methoxy groups -OCH3 is 1. The van der Waals surface area contributed by atoms with Crippen LogP contribution in [0, 0.1) is 0 Å². The number of nitrogens with one attached hydrogen (secondary N) is 1. The number of benzene rings is 1. The second kappa shape index (κ2) is 10.0. The molecule has 1 aliphatic carbocycles. The molecule has 1 aliphatic rings. The Kier molecular flexibility index (Phi) is 7.41. The van der Waals surface area contributed by atoms with Gasteiger partial charge in [0, 0.05) is 18.7 Å². The van der Waals surface area contributed by atoms with E-state index in [2.05, 4.69) is 15.5 Å². The summed E-state index contributed by atoms with van der Waals surface area (Å²) in [6.45, 7) is 6.60. The minimum atomic E-state index is -0.286. The van der Waals surface area contributed by atoms with Gasteiger partial charge < -0.3 is 19.4 Å². The summed E-state index contributed by atoms with van der Waals surface area (Å²) in [5, 5.41) is 12.3. The van der Waals surface area contributed by atoms with Crippen molar-refractivity contribution in [3.63, 3.8) is 0 Å². The van der Waals surface area contributed by atoms with Gasteiger partial charge in [0.2, 0.25) is 5.91 Å². The molecule has 0 radical (unpaired) electrons. The molecule has 1 amide bonds. The first-order chi connectivity index (χ1) is 14.0. The third-order valence-electron chi connectivity index (χ3n) is 5.13. The van der Waals surface area contributed by atoms with Crippen molar-refractivity contribution in [2.24, 2.45) is 0 Å². The second-order valence-corrected chi connectivity index (χ2v) is 8.58. The molecule has 1 heterocycles. The predicted molar refractivity (Wildman–Crippen MR) is 113 cm³/mol. The van der Waals surface area contributed by atoms with Crippen LogP contribution in [0.2, 0.25) is 0 Å². The van der Waals surface area contributed by atoms with Crippen LogP contribution in [0.25, 0.3) is 0 Å². The lowest BCUT2D eigenvalue weighted by atomic mass is 10.2. The number of nitrogens with zero attached hydrogens (tertiary/aromatic N) is 3. The molecular weight excluding hydrogens is 388 g/mol. The molecule has 1 aromatic heterocycles. The van der Waals surface area contributed by atoms with Crippen molar-refractivity contribution < 1.29 is 14.3 Å². The fourth-order valence-corrected chi connectivity index (χ4v) is 4.45. The van der Waals surface area contributed by atoms with Gasteiger partial charge in [-0.3, -0.25) is 4.79 Å². The highest BCUT2D eigenvalue weighted by molar-refractivity contribution is 8.00. The SMILES string of the molecule is CCn1c(SC(C)C(=O)NC2CCCC2)nnc1C(C)Oc1cccc(OC)c1. The number of aromatic nitrogens is 3. The standard InChI is InChI=1S/C21H30N4O3S/c1-5-25-19(14(2)28-18-12-8-11-17(13-18)27-4)23-24-21(25)29-15(3)20(26)22-16-9-6-7-10-16/h8,11-16H,5-7,9-10H2,1-4H3,(H,22,26). The number of hydrogen-bond donors (Lipinski definition) is 1. The molecule has 7 nitrogen and oxygen atoms in total. The number of hydrogen-bond acceptors (Lipinski definition) is 6. The third-order valence-corrected chi connectivity index (χ3v) is 6.21. The zero-order valence-corrected chi connectivity index (χ0v) is 18.4. The van der Waals surface area contributed by atoms with Gasteiger partial charge in [-0.05, 0) is 45.7 Å². The van der Waals surface area contributed by atoms with Gasteiger partial charge in [0.05, 0.1) is 12.4 Å². The Labute approximate surface area is 176 Å². The maximum atomic E-state index is 12.5. The maximum Gasteiger partial charge on any atom is 0.233 e. The van der Waals surface area contributed by atoms with E-state index in [-0.39, 0.29) is 17.3 Å². The van der Waals surface area contributed by atoms with E-state index in [1.54, 1.807) is 7.11 Å². The molecular formula is C21H30N4O3S. The van der Waals surface area contributed by atoms with Gasteiger partial charge in [-0.2, -0.15) is 0 Å². The van der Waals surface area contributed by atoms with E-state index in [0.29, 0.717) is 18.3 Å². The van der Waals surface area contributed by atoms with Gasteiger partial charge in [-0.25, -0.2) is 0 Å². The fourth-order valence-electron chi connectivity index (χ4n) is 3.52. The number of thioether (sulfide) groups is 1. The van der Waals surface area contributed by atoms with Crippen LogP contribution in [0.1, 0.15) is 58.4 Å². The fraction of sp³-hybridized carbons (Fsp3) is 0.571. The van der Waals surface area contributed by atoms with E-state index >= 15 is 0 Å². The molecule has 2 unspecified atom stereocenters. The van der Waals surface area contributed by atoms with Crippen LogP contribution in [0.4, 0.5) is 0 Å². The molecule has 0 bridgehead atoms. The molecule has 1 fully saturated rings. The maximum absolute atomic E-state index is 12.5. The monoisotopic (exact) mass is 418 g/mol. The van der Waals surface area contributed by atoms with E-state index in [4.69, 9.17) is 9.47 Å². The van der Waals surface area contributed by atoms with E-state index in [1.165, 1.54) is 24.6 Å². The summed E-state index contributed by atoms with van der Waals surface area (Å²) in [6.07, 6.45) is 4.28. The summed E-state index contributed by atoms with van der Waals surface area (Å²) in [4.78, 5) is 12.5. The van der Waals surface area contributed by atoms with Crippen molar-refractivity contribution in [2.45, 2.75) is 75.6 Å². The van der Waals surface area contributed by atoms with Gasteiger partial charge in [-0.1, -0.05) is 30.7 Å². The Morgan fingerprint density at radius 1 is 1.28 bits per heavy atom. The summed E-state index contributed by atoms with van der Waals surface area (Å²) in [6, 6.07) is 7.81. The molecule has 2 aromatic rings. The van der Waals surface area contributed by atoms with Crippen molar-refractivity contribution in [3.05, 3.63) is 30.1 Å². The first-order valence-electron chi connectivity index (χ1n) is 10.2. The van der Waals surface area contributed by atoms with Crippen LogP contribution < -0.4 is 14.8 Å². The largest absolute Gasteiger partial charge is 0.497 e. The van der Waals surface area contributed by atoms with Crippen molar-refractivity contribution in [1.29, 1.82) is 0 Å². The van der Waals surface area contributed by atoms with Gasteiger partial charge in [0.25, 0.3) is 0 Å². The van der Waals surface area contributed by atoms with Crippen LogP contribution >= 0.6 is 11.8 Å². The van der Waals surface area contributed by atoms with Crippen LogP contribution in [0.15, 0.2) is 29.4 Å². The summed E-state index contributed by atoms with van der Waals surface area (Å²) in [7, 11) is 1.63. The number of rotatable bonds is 9. The molecule has 1 saturated carbocycles. The Morgan fingerprint density at radius 2 is 2.00 bits per heavy atom. The molecule has 29 heavy (non-hydrogen) atoms. The highest BCUT2D eigenvalue weighted by Crippen LogP contribution is 2.28. The molecule has 8 heteroatoms. The zero-order chi connectivity index (χ0) is 20.8. The molecule has 1 aromatic carbocycles. The average molecular weight is 419 g/mol. The van der Waals surface area contributed by atoms with Gasteiger partial charge in [0.15, 0.2) is 17.1 Å². The Bertz CT molecular complexity index is 820. The second-order valence-electron chi connectivity index (χ2n) is 7.27. The molecule has 1 N–H and O–H groups in total. The Morgan fingerprint density at radius 3 is 2.69 bits per heavy atom. The van der Waals surface area contributed by atoms with Crippen molar-refractivity contribution in [1.82, 2.24) is 20.1 Å². The number of amides is 1. The lowest BCUT2D eigenvalue weighted by Gasteiger charge is -2.18. The van der Waals surface area contributed by atoms with Gasteiger partial charge in [-0.15, -0.1) is 10.2 Å². The Hall–Kier alpha value is -2.22. The minimum absolute atomic E-state index is 0.0646. The minimum Gasteiger partial charge on any atom is -0.497 e. The van der Waals surface area contributed by atoms with Crippen LogP contribution in [0.5, 0.6) is 11.5 Å². The summed E-state index contributed by atoms with van der Waals surface area (Å²) < 4.78 is 13.3. The first kappa shape index (κ1) is 21.5. The Balaban J connectivity index is 1.66. The lowest BCUT2D eigenvalue weighted by Crippen LogP contribution is -2.37. The lowest BCUT2D eigenvalue weighted by molar-refractivity contribution is -0.120. The summed E-state index contributed by atoms with van der Waals surface area (Å²) in [5.41, 5.74) is 0. The van der Waals surface area contributed by atoms with Crippen molar-refractivity contribution in [3.8, 4) is 11.5 Å². The topological polar surface area (TPSA) is 78.3 Å². The highest BCUT2D eigenvalue weighted by Gasteiger charge is 2.25. The van der Waals surface area contributed by atoms with Crippen LogP contribution in [-0.2, 0) is 11.3 Å². The zero-order valence-electron chi connectivity index (χ0n) is 17.6. The average Bonchev–Trinajstić information content (AvgIpc) is 3.37. The van der Waals surface area contributed by atoms with Gasteiger partial charge >= 0.3 is 0 Å². The normalized spacial score (nSPS) is 16.4.